The van der Waals surface area contributed by atoms with Crippen molar-refractivity contribution in [2.24, 2.45) is 0 Å². The number of allylic oxidation sites excluding steroid dienone is 4. The number of thiophene rings is 1. The second kappa shape index (κ2) is 22.9. The van der Waals surface area contributed by atoms with Crippen LogP contribution in [-0.2, 0) is 19.1 Å². The van der Waals surface area contributed by atoms with Gasteiger partial charge in [-0.25, -0.2) is 0 Å². The first-order valence-electron chi connectivity index (χ1n) is 13.8. The molecule has 9 nitrogen and oxygen atoms in total. The second-order valence-electron chi connectivity index (χ2n) is 10.8. The van der Waals surface area contributed by atoms with Gasteiger partial charge < -0.3 is 30.0 Å². The number of nitrogens with one attached hydrogen (secondary N) is 2. The molecule has 0 aromatic carbocycles. The van der Waals surface area contributed by atoms with Gasteiger partial charge in [-0.05, 0) is 84.7 Å². The van der Waals surface area contributed by atoms with Gasteiger partial charge in [-0.1, -0.05) is 31.5 Å². The lowest BCUT2D eigenvalue weighted by Gasteiger charge is -2.32. The molecular weight excluding hydrogens is 574 g/mol. The maximum absolute atomic E-state index is 12.1. The zero-order valence-corrected chi connectivity index (χ0v) is 29.1. The Balaban J connectivity index is 0. The molecule has 1 saturated heterocycles. The standard InChI is InChI=1S/C12H25N3O.C9H14ClNO.C9H13NOS.CH2O/c1-12(2)10-11(16)15(8-6-13(3)4)9-7-14(12)5;1-8(10)9(12-3)6-4-5-7-11-2;1-6(2)8-4-7(3)9(12-8)10-5-11;1-2/h6-10H2,1-5H3;4-7,11H,1-3H3;4-6H,1-3H3,(H,10,11);1H2/b;6-4-,7-5+,9-8-;;. The maximum atomic E-state index is 12.1. The topological polar surface area (TPSA) is 94.2 Å². The largest absolute Gasteiger partial charge is 0.496 e. The number of anilines is 1. The average molecular weight is 628 g/mol. The van der Waals surface area contributed by atoms with Crippen molar-refractivity contribution < 1.29 is 19.1 Å². The first kappa shape index (κ1) is 41.5. The van der Waals surface area contributed by atoms with E-state index in [4.69, 9.17) is 21.1 Å². The Morgan fingerprint density at radius 2 is 1.88 bits per heavy atom. The van der Waals surface area contributed by atoms with Crippen LogP contribution in [0, 0.1) is 6.92 Å². The van der Waals surface area contributed by atoms with Gasteiger partial charge in [-0.2, -0.15) is 0 Å². The molecule has 240 valence electrons. The molecule has 0 radical (unpaired) electrons. The first-order chi connectivity index (χ1) is 19.7. The van der Waals surface area contributed by atoms with Crippen LogP contribution in [0.5, 0.6) is 0 Å². The van der Waals surface area contributed by atoms with Crippen LogP contribution in [-0.4, -0.2) is 101 Å². The van der Waals surface area contributed by atoms with Gasteiger partial charge in [0.2, 0.25) is 12.3 Å². The summed E-state index contributed by atoms with van der Waals surface area (Å²) in [6.45, 7) is 18.0. The summed E-state index contributed by atoms with van der Waals surface area (Å²) < 4.78 is 5.00. The van der Waals surface area contributed by atoms with E-state index in [0.29, 0.717) is 23.1 Å². The van der Waals surface area contributed by atoms with Gasteiger partial charge in [-0.3, -0.25) is 14.5 Å². The molecular formula is C31H54ClN5O4S. The Labute approximate surface area is 263 Å². The third-order valence-electron chi connectivity index (χ3n) is 6.37. The van der Waals surface area contributed by atoms with Crippen molar-refractivity contribution in [2.75, 3.05) is 66.8 Å². The number of carbonyl (C=O) groups is 3. The number of carbonyl (C=O) groups excluding carboxylic acids is 3. The number of nitrogens with zero attached hydrogens (tertiary/aromatic N) is 3. The number of likely N-dealkylation sites (N-methyl/N-ethyl adjacent to an activating group) is 2. The van der Waals surface area contributed by atoms with Gasteiger partial charge in [0.15, 0.2) is 0 Å². The minimum Gasteiger partial charge on any atom is -0.496 e. The van der Waals surface area contributed by atoms with Crippen molar-refractivity contribution >= 4 is 47.0 Å². The summed E-state index contributed by atoms with van der Waals surface area (Å²) in [5.74, 6) is 1.50. The SMILES string of the molecule is C=O.CN(C)CCN1CCN(C)C(C)(C)CC1=O.CN/C=C/C=C\C(OC)=C(/C)Cl.Cc1cc(C(C)C)sc1NC=O. The number of ether oxygens (including phenoxy) is 1. The molecule has 1 aliphatic heterocycles. The molecule has 1 fully saturated rings. The highest BCUT2D eigenvalue weighted by Gasteiger charge is 2.32. The van der Waals surface area contributed by atoms with E-state index in [-0.39, 0.29) is 11.4 Å². The fourth-order valence-electron chi connectivity index (χ4n) is 3.48. The Bertz CT molecular complexity index is 1000. The van der Waals surface area contributed by atoms with Gasteiger partial charge in [0, 0.05) is 50.1 Å². The van der Waals surface area contributed by atoms with E-state index in [0.717, 1.165) is 43.2 Å². The molecule has 0 saturated carbocycles. The third-order valence-corrected chi connectivity index (χ3v) is 8.02. The van der Waals surface area contributed by atoms with Crippen molar-refractivity contribution in [1.82, 2.24) is 20.0 Å². The van der Waals surface area contributed by atoms with E-state index < -0.39 is 0 Å². The van der Waals surface area contributed by atoms with E-state index in [1.54, 1.807) is 31.4 Å². The summed E-state index contributed by atoms with van der Waals surface area (Å²) in [6, 6.07) is 2.13. The molecule has 0 spiro atoms. The monoisotopic (exact) mass is 627 g/mol. The number of amides is 2. The van der Waals surface area contributed by atoms with Crippen LogP contribution in [0.25, 0.3) is 0 Å². The zero-order valence-electron chi connectivity index (χ0n) is 27.5. The minimum absolute atomic E-state index is 0.00997. The minimum atomic E-state index is -0.00997. The quantitative estimate of drug-likeness (QED) is 0.202. The number of rotatable bonds is 10. The average Bonchev–Trinajstić information content (AvgIpc) is 3.26. The van der Waals surface area contributed by atoms with E-state index >= 15 is 0 Å². The predicted molar refractivity (Wildman–Crippen MR) is 179 cm³/mol. The summed E-state index contributed by atoms with van der Waals surface area (Å²) in [6.07, 6.45) is 8.67. The predicted octanol–water partition coefficient (Wildman–Crippen LogP) is 5.45. The van der Waals surface area contributed by atoms with Crippen molar-refractivity contribution in [3.05, 3.63) is 51.7 Å². The molecule has 11 heteroatoms. The third kappa shape index (κ3) is 17.3. The molecule has 1 aromatic rings. The summed E-state index contributed by atoms with van der Waals surface area (Å²) in [5, 5.41) is 7.17. The van der Waals surface area contributed by atoms with Crippen molar-refractivity contribution in [2.45, 2.75) is 59.4 Å². The molecule has 0 aliphatic carbocycles. The van der Waals surface area contributed by atoms with Gasteiger partial charge in [0.25, 0.3) is 0 Å². The Kier molecular flexibility index (Phi) is 22.6. The molecule has 1 aromatic heterocycles. The Hall–Kier alpha value is -2.66. The number of hydrogen-bond donors (Lipinski definition) is 2. The van der Waals surface area contributed by atoms with Crippen LogP contribution in [0.15, 0.2) is 41.3 Å². The molecule has 0 atom stereocenters. The number of halogens is 1. The molecule has 1 aliphatic rings. The van der Waals surface area contributed by atoms with Crippen LogP contribution in [0.3, 0.4) is 0 Å². The Morgan fingerprint density at radius 3 is 2.33 bits per heavy atom. The van der Waals surface area contributed by atoms with Gasteiger partial charge in [-0.15, -0.1) is 11.3 Å². The highest BCUT2D eigenvalue weighted by atomic mass is 35.5. The molecule has 2 rings (SSSR count). The van der Waals surface area contributed by atoms with Crippen LogP contribution < -0.4 is 10.6 Å². The van der Waals surface area contributed by atoms with Crippen molar-refractivity contribution in [3.8, 4) is 0 Å². The lowest BCUT2D eigenvalue weighted by atomic mass is 9.99. The lowest BCUT2D eigenvalue weighted by molar-refractivity contribution is -0.131. The van der Waals surface area contributed by atoms with E-state index in [2.05, 4.69) is 61.2 Å². The number of methoxy groups -OCH3 is 1. The number of hydrogen-bond acceptors (Lipinski definition) is 8. The molecule has 42 heavy (non-hydrogen) atoms. The Morgan fingerprint density at radius 1 is 1.26 bits per heavy atom. The van der Waals surface area contributed by atoms with Gasteiger partial charge in [0.1, 0.15) is 12.5 Å². The normalized spacial score (nSPS) is 15.6. The highest BCUT2D eigenvalue weighted by Crippen LogP contribution is 2.31. The molecule has 2 amide bonds. The van der Waals surface area contributed by atoms with Crippen molar-refractivity contribution in [1.29, 1.82) is 0 Å². The second-order valence-corrected chi connectivity index (χ2v) is 12.4. The number of aryl methyl sites for hydroxylation is 1. The van der Waals surface area contributed by atoms with Gasteiger partial charge >= 0.3 is 0 Å². The molecule has 0 unspecified atom stereocenters. The summed E-state index contributed by atoms with van der Waals surface area (Å²) >= 11 is 7.37. The molecule has 2 heterocycles. The summed E-state index contributed by atoms with van der Waals surface area (Å²) in [7, 11) is 9.61. The zero-order chi connectivity index (χ0) is 32.9. The molecule has 0 bridgehead atoms. The van der Waals surface area contributed by atoms with E-state index in [1.807, 2.05) is 58.1 Å². The fourth-order valence-corrected chi connectivity index (χ4v) is 4.65. The molecule has 2 N–H and O–H groups in total. The van der Waals surface area contributed by atoms with Crippen LogP contribution >= 0.6 is 22.9 Å². The first-order valence-corrected chi connectivity index (χ1v) is 15.0. The van der Waals surface area contributed by atoms with E-state index in [1.165, 1.54) is 4.88 Å². The maximum Gasteiger partial charge on any atom is 0.224 e. The van der Waals surface area contributed by atoms with Crippen molar-refractivity contribution in [3.63, 3.8) is 0 Å². The lowest BCUT2D eigenvalue weighted by Crippen LogP contribution is -2.41. The summed E-state index contributed by atoms with van der Waals surface area (Å²) in [5.41, 5.74) is 1.14. The van der Waals surface area contributed by atoms with Gasteiger partial charge in [0.05, 0.1) is 17.1 Å². The smallest absolute Gasteiger partial charge is 0.224 e. The highest BCUT2D eigenvalue weighted by molar-refractivity contribution is 7.16. The van der Waals surface area contributed by atoms with Crippen LogP contribution in [0.1, 0.15) is 57.4 Å². The van der Waals surface area contributed by atoms with Crippen LogP contribution in [0.4, 0.5) is 5.00 Å². The fraction of sp³-hybridized carbons (Fsp3) is 0.581. The van der Waals surface area contributed by atoms with E-state index in [9.17, 15) is 9.59 Å². The summed E-state index contributed by atoms with van der Waals surface area (Å²) in [4.78, 5) is 38.0. The van der Waals surface area contributed by atoms with Crippen LogP contribution in [0.2, 0.25) is 0 Å².